The van der Waals surface area contributed by atoms with E-state index in [0.717, 1.165) is 18.4 Å². The molecule has 1 aliphatic heterocycles. The van der Waals surface area contributed by atoms with Crippen LogP contribution in [-0.2, 0) is 35.1 Å². The van der Waals surface area contributed by atoms with Crippen molar-refractivity contribution in [3.8, 4) is 0 Å². The van der Waals surface area contributed by atoms with E-state index in [-0.39, 0.29) is 18.8 Å². The number of esters is 1. The van der Waals surface area contributed by atoms with Crippen LogP contribution in [0.4, 0.5) is 13.2 Å². The maximum atomic E-state index is 11.9. The molecule has 4 atom stereocenters. The number of nitrogens with two attached hydrogens (primary N) is 1. The van der Waals surface area contributed by atoms with Gasteiger partial charge in [0.2, 0.25) is 0 Å². The van der Waals surface area contributed by atoms with Crippen molar-refractivity contribution in [1.29, 1.82) is 0 Å². The summed E-state index contributed by atoms with van der Waals surface area (Å²) in [4.78, 5) is 20.8. The van der Waals surface area contributed by atoms with Crippen LogP contribution in [0, 0.1) is 0 Å². The molecule has 0 aliphatic carbocycles. The molecule has 1 heterocycles. The number of benzene rings is 1. The van der Waals surface area contributed by atoms with Gasteiger partial charge in [-0.2, -0.15) is 13.2 Å². The molecule has 0 saturated carbocycles. The number of rotatable bonds is 13. The fourth-order valence-electron chi connectivity index (χ4n) is 3.60. The zero-order valence-electron chi connectivity index (χ0n) is 21.3. The highest BCUT2D eigenvalue weighted by Crippen LogP contribution is 2.25. The van der Waals surface area contributed by atoms with E-state index in [4.69, 9.17) is 34.6 Å². The number of methoxy groups -OCH3 is 1. The Bertz CT molecular complexity index is 805. The van der Waals surface area contributed by atoms with Crippen LogP contribution in [0.25, 0.3) is 0 Å². The Morgan fingerprint density at radius 3 is 2.35 bits per heavy atom. The molecule has 1 aromatic carbocycles. The molecule has 210 valence electrons. The molecule has 1 fully saturated rings. The summed E-state index contributed by atoms with van der Waals surface area (Å²) in [6.07, 6.45) is 4.40. The second-order valence-corrected chi connectivity index (χ2v) is 8.43. The molecule has 1 saturated heterocycles. The van der Waals surface area contributed by atoms with E-state index in [9.17, 15) is 18.0 Å². The fourth-order valence-corrected chi connectivity index (χ4v) is 3.60. The zero-order chi connectivity index (χ0) is 27.7. The summed E-state index contributed by atoms with van der Waals surface area (Å²) in [5.74, 6) is -3.24. The molecule has 37 heavy (non-hydrogen) atoms. The van der Waals surface area contributed by atoms with Gasteiger partial charge in [-0.3, -0.25) is 4.79 Å². The van der Waals surface area contributed by atoms with Gasteiger partial charge in [0, 0.05) is 7.11 Å². The van der Waals surface area contributed by atoms with Crippen LogP contribution >= 0.6 is 0 Å². The van der Waals surface area contributed by atoms with E-state index in [0.29, 0.717) is 13.2 Å². The lowest BCUT2D eigenvalue weighted by Gasteiger charge is -2.40. The Kier molecular flexibility index (Phi) is 15.7. The van der Waals surface area contributed by atoms with Gasteiger partial charge in [-0.15, -0.1) is 0 Å². The van der Waals surface area contributed by atoms with Crippen molar-refractivity contribution < 1.29 is 46.8 Å². The summed E-state index contributed by atoms with van der Waals surface area (Å²) in [5, 5.41) is 7.12. The number of alkyl halides is 3. The molecule has 11 heteroatoms. The second-order valence-electron chi connectivity index (χ2n) is 8.43. The second kappa shape index (κ2) is 17.9. The summed E-state index contributed by atoms with van der Waals surface area (Å²) < 4.78 is 55.1. The molecule has 1 aliphatic rings. The van der Waals surface area contributed by atoms with Crippen molar-refractivity contribution in [2.24, 2.45) is 5.73 Å². The largest absolute Gasteiger partial charge is 0.490 e. The molecule has 0 bridgehead atoms. The third-order valence-electron chi connectivity index (χ3n) is 5.52. The highest BCUT2D eigenvalue weighted by atomic mass is 19.4. The lowest BCUT2D eigenvalue weighted by Crippen LogP contribution is -2.56. The first-order valence-corrected chi connectivity index (χ1v) is 12.3. The van der Waals surface area contributed by atoms with Crippen molar-refractivity contribution in [2.45, 2.75) is 82.6 Å². The Morgan fingerprint density at radius 1 is 1.14 bits per heavy atom. The Morgan fingerprint density at radius 2 is 1.78 bits per heavy atom. The Labute approximate surface area is 215 Å². The van der Waals surface area contributed by atoms with Crippen LogP contribution in [0.2, 0.25) is 0 Å². The SMILES string of the molecule is CCCCCCC/C=C/[C@@H]1OC[C@@H](OCc2ccccc2)[C@H](OC)[C@@H]1OC(=O)CN.O=C(O)C(F)(F)F. The lowest BCUT2D eigenvalue weighted by molar-refractivity contribution is -0.216. The van der Waals surface area contributed by atoms with Crippen LogP contribution in [0.5, 0.6) is 0 Å². The van der Waals surface area contributed by atoms with Crippen molar-refractivity contribution in [3.05, 3.63) is 48.0 Å². The molecule has 1 aromatic rings. The van der Waals surface area contributed by atoms with Gasteiger partial charge >= 0.3 is 18.1 Å². The van der Waals surface area contributed by atoms with Gasteiger partial charge in [-0.25, -0.2) is 4.79 Å². The van der Waals surface area contributed by atoms with Crippen LogP contribution in [-0.4, -0.2) is 67.9 Å². The quantitative estimate of drug-likeness (QED) is 0.218. The van der Waals surface area contributed by atoms with Crippen LogP contribution in [0.1, 0.15) is 51.0 Å². The summed E-state index contributed by atoms with van der Waals surface area (Å²) in [6, 6.07) is 9.92. The fraction of sp³-hybridized carbons (Fsp3) is 0.615. The third-order valence-corrected chi connectivity index (χ3v) is 5.52. The van der Waals surface area contributed by atoms with E-state index in [2.05, 4.69) is 13.0 Å². The minimum atomic E-state index is -5.08. The highest BCUT2D eigenvalue weighted by molar-refractivity contribution is 5.73. The highest BCUT2D eigenvalue weighted by Gasteiger charge is 2.43. The van der Waals surface area contributed by atoms with Crippen LogP contribution in [0.15, 0.2) is 42.5 Å². The minimum Gasteiger partial charge on any atom is -0.475 e. The Balaban J connectivity index is 0.000000856. The summed E-state index contributed by atoms with van der Waals surface area (Å²) in [6.45, 7) is 2.83. The summed E-state index contributed by atoms with van der Waals surface area (Å²) in [7, 11) is 1.60. The third kappa shape index (κ3) is 13.1. The van der Waals surface area contributed by atoms with Crippen LogP contribution in [0.3, 0.4) is 0 Å². The minimum absolute atomic E-state index is 0.184. The molecule has 0 aromatic heterocycles. The normalized spacial score (nSPS) is 21.8. The summed E-state index contributed by atoms with van der Waals surface area (Å²) >= 11 is 0. The number of hydrogen-bond donors (Lipinski definition) is 2. The topological polar surface area (TPSA) is 117 Å². The van der Waals surface area contributed by atoms with Crippen molar-refractivity contribution in [3.63, 3.8) is 0 Å². The van der Waals surface area contributed by atoms with Crippen molar-refractivity contribution in [1.82, 2.24) is 0 Å². The monoisotopic (exact) mass is 533 g/mol. The van der Waals surface area contributed by atoms with E-state index in [1.165, 1.54) is 25.7 Å². The molecular formula is C26H38F3NO7. The first-order chi connectivity index (χ1) is 17.6. The van der Waals surface area contributed by atoms with Gasteiger partial charge < -0.3 is 29.8 Å². The van der Waals surface area contributed by atoms with Crippen molar-refractivity contribution in [2.75, 3.05) is 20.3 Å². The Hall–Kier alpha value is -2.47. The predicted molar refractivity (Wildman–Crippen MR) is 131 cm³/mol. The maximum absolute atomic E-state index is 11.9. The van der Waals surface area contributed by atoms with Gasteiger partial charge in [0.15, 0.2) is 6.10 Å². The predicted octanol–water partition coefficient (Wildman–Crippen LogP) is 4.41. The van der Waals surface area contributed by atoms with Crippen molar-refractivity contribution >= 4 is 11.9 Å². The molecule has 0 spiro atoms. The van der Waals surface area contributed by atoms with Gasteiger partial charge in [0.05, 0.1) is 19.8 Å². The standard InChI is InChI=1S/C24H37NO5.C2HF3O2/c1-3-4-5-6-7-8-12-15-20-24(30-22(26)16-25)23(27-2)21(18-29-20)28-17-19-13-10-9-11-14-19;3-2(4,5)1(6)7/h9-15,20-21,23-24H,3-8,16-18,25H2,1-2H3;(H,6,7)/b15-12+;/t20-,21+,23-,24+;/m0./s1. The number of aliphatic carboxylic acids is 1. The molecule has 0 radical (unpaired) electrons. The number of unbranched alkanes of at least 4 members (excludes halogenated alkanes) is 5. The maximum Gasteiger partial charge on any atom is 0.490 e. The molecule has 0 unspecified atom stereocenters. The van der Waals surface area contributed by atoms with E-state index < -0.39 is 30.3 Å². The van der Waals surface area contributed by atoms with E-state index in [1.807, 2.05) is 36.4 Å². The number of ether oxygens (including phenoxy) is 4. The first-order valence-electron chi connectivity index (χ1n) is 12.3. The number of hydrogen-bond acceptors (Lipinski definition) is 7. The van der Waals surface area contributed by atoms with Gasteiger partial charge in [0.1, 0.15) is 18.3 Å². The summed E-state index contributed by atoms with van der Waals surface area (Å²) in [5.41, 5.74) is 6.53. The molecular weight excluding hydrogens is 495 g/mol. The zero-order valence-corrected chi connectivity index (χ0v) is 21.3. The van der Waals surface area contributed by atoms with Crippen LogP contribution < -0.4 is 5.73 Å². The molecule has 2 rings (SSSR count). The number of halogens is 3. The van der Waals surface area contributed by atoms with Gasteiger partial charge in [0.25, 0.3) is 0 Å². The molecule has 0 amide bonds. The van der Waals surface area contributed by atoms with Gasteiger partial charge in [-0.05, 0) is 18.4 Å². The lowest BCUT2D eigenvalue weighted by atomic mass is 9.98. The first kappa shape index (κ1) is 32.6. The van der Waals surface area contributed by atoms with E-state index in [1.54, 1.807) is 7.11 Å². The number of carboxylic acid groups (broad SMARTS) is 1. The number of carbonyl (C=O) groups excluding carboxylic acids is 1. The average Bonchev–Trinajstić information content (AvgIpc) is 2.88. The molecule has 8 nitrogen and oxygen atoms in total. The average molecular weight is 534 g/mol. The number of carboxylic acids is 1. The smallest absolute Gasteiger partial charge is 0.475 e. The van der Waals surface area contributed by atoms with Gasteiger partial charge in [-0.1, -0.05) is 75.1 Å². The number of carbonyl (C=O) groups is 2. The number of allylic oxidation sites excluding steroid dienone is 1. The van der Waals surface area contributed by atoms with E-state index >= 15 is 0 Å². The molecule has 3 N–H and O–H groups in total.